The second-order valence-electron chi connectivity index (χ2n) is 6.40. The number of esters is 1. The zero-order valence-corrected chi connectivity index (χ0v) is 17.5. The Morgan fingerprint density at radius 1 is 1.13 bits per heavy atom. The minimum atomic E-state index is -0.604. The fourth-order valence-electron chi connectivity index (χ4n) is 2.90. The topological polar surface area (TPSA) is 115 Å². The predicted molar refractivity (Wildman–Crippen MR) is 116 cm³/mol. The molecule has 2 aromatic heterocycles. The molecular weight excluding hydrogens is 420 g/mol. The fourth-order valence-corrected chi connectivity index (χ4v) is 3.63. The van der Waals surface area contributed by atoms with E-state index in [0.717, 1.165) is 10.9 Å². The predicted octanol–water partition coefficient (Wildman–Crippen LogP) is 3.50. The van der Waals surface area contributed by atoms with Crippen LogP contribution >= 0.6 is 11.3 Å². The Bertz CT molecular complexity index is 1250. The molecule has 0 bridgehead atoms. The number of rotatable bonds is 7. The summed E-state index contributed by atoms with van der Waals surface area (Å²) in [5, 5.41) is 12.4. The van der Waals surface area contributed by atoms with E-state index in [1.165, 1.54) is 11.3 Å². The Kier molecular flexibility index (Phi) is 5.80. The number of nitrogens with one attached hydrogen (secondary N) is 2. The van der Waals surface area contributed by atoms with Crippen molar-refractivity contribution in [2.24, 2.45) is 0 Å². The number of hydrogen-bond acceptors (Lipinski definition) is 8. The maximum atomic E-state index is 12.2. The Morgan fingerprint density at radius 2 is 2.00 bits per heavy atom. The Morgan fingerprint density at radius 3 is 2.81 bits per heavy atom. The second-order valence-corrected chi connectivity index (χ2v) is 7.26. The van der Waals surface area contributed by atoms with E-state index >= 15 is 0 Å². The summed E-state index contributed by atoms with van der Waals surface area (Å²) in [6, 6.07) is 10.4. The van der Waals surface area contributed by atoms with Crippen molar-refractivity contribution in [1.29, 1.82) is 0 Å². The molecule has 0 unspecified atom stereocenters. The average molecular weight is 438 g/mol. The molecular formula is C21H18N4O5S. The smallest absolute Gasteiger partial charge is 0.338 e. The molecule has 1 amide bonds. The summed E-state index contributed by atoms with van der Waals surface area (Å²) in [6.45, 7) is -0.433. The highest BCUT2D eigenvalue weighted by atomic mass is 32.1. The summed E-state index contributed by atoms with van der Waals surface area (Å²) in [7, 11) is 3.14. The van der Waals surface area contributed by atoms with Gasteiger partial charge in [-0.05, 0) is 30.3 Å². The molecule has 0 atom stereocenters. The minimum absolute atomic E-state index is 0.325. The molecule has 0 aliphatic rings. The number of fused-ring (bicyclic) bond motifs is 1. The molecule has 4 aromatic rings. The molecule has 9 nitrogen and oxygen atoms in total. The molecule has 0 radical (unpaired) electrons. The number of hydrogen-bond donors (Lipinski definition) is 2. The van der Waals surface area contributed by atoms with Crippen LogP contribution in [0.15, 0.2) is 48.0 Å². The van der Waals surface area contributed by atoms with E-state index in [2.05, 4.69) is 20.5 Å². The molecule has 31 heavy (non-hydrogen) atoms. The van der Waals surface area contributed by atoms with Crippen molar-refractivity contribution in [3.63, 3.8) is 0 Å². The SMILES string of the molecule is COc1ccc(OC)c(-c2csc(NC(=O)COC(=O)c3ccc4cn[nH]c4c3)n2)c1. The lowest BCUT2D eigenvalue weighted by atomic mass is 10.1. The summed E-state index contributed by atoms with van der Waals surface area (Å²) < 4.78 is 15.7. The minimum Gasteiger partial charge on any atom is -0.497 e. The molecule has 0 spiro atoms. The lowest BCUT2D eigenvalue weighted by Crippen LogP contribution is -2.20. The maximum Gasteiger partial charge on any atom is 0.338 e. The number of nitrogens with zero attached hydrogens (tertiary/aromatic N) is 2. The number of methoxy groups -OCH3 is 2. The number of amides is 1. The molecule has 2 aromatic carbocycles. The van der Waals surface area contributed by atoms with Gasteiger partial charge in [-0.15, -0.1) is 11.3 Å². The molecule has 158 valence electrons. The van der Waals surface area contributed by atoms with E-state index in [0.29, 0.717) is 33.4 Å². The van der Waals surface area contributed by atoms with Crippen molar-refractivity contribution in [1.82, 2.24) is 15.2 Å². The van der Waals surface area contributed by atoms with Gasteiger partial charge in [0.05, 0.1) is 37.2 Å². The Balaban J connectivity index is 1.38. The number of carbonyl (C=O) groups excluding carboxylic acids is 2. The summed E-state index contributed by atoms with van der Waals surface area (Å²) >= 11 is 1.25. The number of anilines is 1. The highest BCUT2D eigenvalue weighted by Crippen LogP contribution is 2.35. The molecule has 0 fully saturated rings. The van der Waals surface area contributed by atoms with Crippen molar-refractivity contribution in [2.45, 2.75) is 0 Å². The van der Waals surface area contributed by atoms with E-state index in [-0.39, 0.29) is 0 Å². The fraction of sp³-hybridized carbons (Fsp3) is 0.143. The Hall–Kier alpha value is -3.92. The van der Waals surface area contributed by atoms with Gasteiger partial charge in [0, 0.05) is 16.3 Å². The van der Waals surface area contributed by atoms with Gasteiger partial charge in [0.2, 0.25) is 0 Å². The molecule has 10 heteroatoms. The van der Waals surface area contributed by atoms with E-state index < -0.39 is 18.5 Å². The molecule has 0 aliphatic carbocycles. The quantitative estimate of drug-likeness (QED) is 0.424. The van der Waals surface area contributed by atoms with Gasteiger partial charge >= 0.3 is 5.97 Å². The number of aromatic nitrogens is 3. The van der Waals surface area contributed by atoms with Gasteiger partial charge in [-0.1, -0.05) is 6.07 Å². The molecule has 4 rings (SSSR count). The van der Waals surface area contributed by atoms with Crippen LogP contribution in [0.2, 0.25) is 0 Å². The summed E-state index contributed by atoms with van der Waals surface area (Å²) in [5.41, 5.74) is 2.40. The lowest BCUT2D eigenvalue weighted by Gasteiger charge is -2.08. The molecule has 0 aliphatic heterocycles. The average Bonchev–Trinajstić information content (AvgIpc) is 3.45. The van der Waals surface area contributed by atoms with Crippen LogP contribution in [0.1, 0.15) is 10.4 Å². The number of H-pyrrole nitrogens is 1. The highest BCUT2D eigenvalue weighted by molar-refractivity contribution is 7.14. The van der Waals surface area contributed by atoms with Crippen molar-refractivity contribution in [2.75, 3.05) is 26.1 Å². The number of ether oxygens (including phenoxy) is 3. The number of thiazole rings is 1. The standard InChI is InChI=1S/C21H18N4O5S/c1-28-14-5-6-18(29-2)15(8-14)17-11-31-21(23-17)24-19(26)10-30-20(27)12-3-4-13-9-22-25-16(13)7-12/h3-9,11H,10H2,1-2H3,(H,22,25)(H,23,24,26). The van der Waals surface area contributed by atoms with E-state index in [9.17, 15) is 9.59 Å². The third-order valence-corrected chi connectivity index (χ3v) is 5.20. The first-order valence-electron chi connectivity index (χ1n) is 9.15. The van der Waals surface area contributed by atoms with Gasteiger partial charge in [-0.2, -0.15) is 5.10 Å². The van der Waals surface area contributed by atoms with Gasteiger partial charge in [0.1, 0.15) is 11.5 Å². The normalized spacial score (nSPS) is 10.6. The van der Waals surface area contributed by atoms with Crippen LogP contribution < -0.4 is 14.8 Å². The zero-order valence-electron chi connectivity index (χ0n) is 16.7. The van der Waals surface area contributed by atoms with Crippen molar-refractivity contribution in [3.05, 3.63) is 53.5 Å². The first kappa shape index (κ1) is 20.4. The van der Waals surface area contributed by atoms with E-state index in [4.69, 9.17) is 14.2 Å². The molecule has 2 N–H and O–H groups in total. The third kappa shape index (κ3) is 4.48. The van der Waals surface area contributed by atoms with Crippen LogP contribution in [0.4, 0.5) is 5.13 Å². The zero-order chi connectivity index (χ0) is 21.8. The van der Waals surface area contributed by atoms with Crippen molar-refractivity contribution < 1.29 is 23.8 Å². The third-order valence-electron chi connectivity index (χ3n) is 4.45. The van der Waals surface area contributed by atoms with E-state index in [1.807, 2.05) is 0 Å². The van der Waals surface area contributed by atoms with E-state index in [1.54, 1.807) is 62.2 Å². The number of aromatic amines is 1. The maximum absolute atomic E-state index is 12.2. The molecule has 2 heterocycles. The first-order valence-corrected chi connectivity index (χ1v) is 10.0. The second kappa shape index (κ2) is 8.84. The van der Waals surface area contributed by atoms with Gasteiger partial charge < -0.3 is 14.2 Å². The van der Waals surface area contributed by atoms with Crippen LogP contribution in [-0.2, 0) is 9.53 Å². The van der Waals surface area contributed by atoms with Crippen LogP contribution in [0.3, 0.4) is 0 Å². The van der Waals surface area contributed by atoms with Crippen LogP contribution in [0.25, 0.3) is 22.2 Å². The van der Waals surface area contributed by atoms with Crippen molar-refractivity contribution in [3.8, 4) is 22.8 Å². The lowest BCUT2D eigenvalue weighted by molar-refractivity contribution is -0.119. The largest absolute Gasteiger partial charge is 0.497 e. The number of carbonyl (C=O) groups is 2. The van der Waals surface area contributed by atoms with Gasteiger partial charge in [-0.3, -0.25) is 15.2 Å². The highest BCUT2D eigenvalue weighted by Gasteiger charge is 2.15. The van der Waals surface area contributed by atoms with Gasteiger partial charge in [0.25, 0.3) is 5.91 Å². The van der Waals surface area contributed by atoms with Crippen molar-refractivity contribution >= 4 is 39.2 Å². The summed E-state index contributed by atoms with van der Waals surface area (Å²) in [4.78, 5) is 28.8. The first-order chi connectivity index (χ1) is 15.1. The number of benzene rings is 2. The van der Waals surface area contributed by atoms with Crippen LogP contribution in [-0.4, -0.2) is 47.9 Å². The monoisotopic (exact) mass is 438 g/mol. The van der Waals surface area contributed by atoms with Gasteiger partial charge in [-0.25, -0.2) is 9.78 Å². The molecule has 0 saturated heterocycles. The summed E-state index contributed by atoms with van der Waals surface area (Å²) in [5.74, 6) is 0.198. The van der Waals surface area contributed by atoms with Crippen LogP contribution in [0.5, 0.6) is 11.5 Å². The molecule has 0 saturated carbocycles. The van der Waals surface area contributed by atoms with Crippen LogP contribution in [0, 0.1) is 0 Å². The Labute approximate surface area is 181 Å². The van der Waals surface area contributed by atoms with Gasteiger partial charge in [0.15, 0.2) is 11.7 Å². The summed E-state index contributed by atoms with van der Waals surface area (Å²) in [6.07, 6.45) is 1.65.